The summed E-state index contributed by atoms with van der Waals surface area (Å²) in [6.45, 7) is 1.01. The minimum absolute atomic E-state index is 0.104. The number of pyridine rings is 1. The smallest absolute Gasteiger partial charge is 0.276 e. The Morgan fingerprint density at radius 3 is 2.74 bits per heavy atom. The molecule has 9 heteroatoms. The molecule has 0 saturated heterocycles. The number of H-pyrrole nitrogens is 1. The second kappa shape index (κ2) is 8.11. The fourth-order valence-electron chi connectivity index (χ4n) is 3.44. The van der Waals surface area contributed by atoms with Crippen LogP contribution in [0.3, 0.4) is 0 Å². The number of amides is 2. The third-order valence-electron chi connectivity index (χ3n) is 5.01. The van der Waals surface area contributed by atoms with Gasteiger partial charge in [0.15, 0.2) is 5.13 Å². The van der Waals surface area contributed by atoms with Gasteiger partial charge in [0.1, 0.15) is 11.4 Å². The summed E-state index contributed by atoms with van der Waals surface area (Å²) in [6.07, 6.45) is 2.21. The van der Waals surface area contributed by atoms with Crippen LogP contribution in [0, 0.1) is 0 Å². The van der Waals surface area contributed by atoms with Crippen molar-refractivity contribution in [1.82, 2.24) is 25.1 Å². The Bertz CT molecular complexity index is 1240. The molecule has 154 valence electrons. The maximum Gasteiger partial charge on any atom is 0.276 e. The van der Waals surface area contributed by atoms with Crippen molar-refractivity contribution in [2.24, 2.45) is 0 Å². The van der Waals surface area contributed by atoms with E-state index >= 15 is 0 Å². The lowest BCUT2D eigenvalue weighted by molar-refractivity contribution is 0.0730. The summed E-state index contributed by atoms with van der Waals surface area (Å²) in [5.41, 5.74) is 3.39. The van der Waals surface area contributed by atoms with E-state index in [0.29, 0.717) is 36.0 Å². The van der Waals surface area contributed by atoms with Gasteiger partial charge in [-0.3, -0.25) is 25.0 Å². The summed E-state index contributed by atoms with van der Waals surface area (Å²) >= 11 is 1.39. The summed E-state index contributed by atoms with van der Waals surface area (Å²) in [7, 11) is 0. The highest BCUT2D eigenvalue weighted by Crippen LogP contribution is 2.29. The predicted molar refractivity (Wildman–Crippen MR) is 117 cm³/mol. The van der Waals surface area contributed by atoms with Crippen molar-refractivity contribution in [3.05, 3.63) is 82.8 Å². The molecule has 2 amide bonds. The van der Waals surface area contributed by atoms with E-state index in [-0.39, 0.29) is 11.8 Å². The van der Waals surface area contributed by atoms with Gasteiger partial charge in [-0.2, -0.15) is 5.10 Å². The minimum Gasteiger partial charge on any atom is -0.332 e. The summed E-state index contributed by atoms with van der Waals surface area (Å²) < 4.78 is 0. The molecule has 2 N–H and O–H groups in total. The van der Waals surface area contributed by atoms with Crippen molar-refractivity contribution in [2.75, 3.05) is 11.9 Å². The summed E-state index contributed by atoms with van der Waals surface area (Å²) in [5, 5.41) is 10.4. The molecule has 3 aromatic heterocycles. The van der Waals surface area contributed by atoms with E-state index in [1.54, 1.807) is 35.4 Å². The van der Waals surface area contributed by atoms with Gasteiger partial charge in [-0.05, 0) is 18.2 Å². The van der Waals surface area contributed by atoms with Gasteiger partial charge in [0.25, 0.3) is 11.8 Å². The summed E-state index contributed by atoms with van der Waals surface area (Å²) in [4.78, 5) is 36.6. The zero-order chi connectivity index (χ0) is 21.2. The van der Waals surface area contributed by atoms with E-state index < -0.39 is 0 Å². The molecule has 0 atom stereocenters. The molecule has 0 spiro atoms. The van der Waals surface area contributed by atoms with Crippen LogP contribution in [0.1, 0.15) is 31.5 Å². The first-order chi connectivity index (χ1) is 15.2. The Morgan fingerprint density at radius 1 is 1.10 bits per heavy atom. The maximum absolute atomic E-state index is 13.0. The molecule has 0 saturated carbocycles. The van der Waals surface area contributed by atoms with Gasteiger partial charge in [-0.25, -0.2) is 4.98 Å². The number of hydrogen-bond donors (Lipinski definition) is 2. The lowest BCUT2D eigenvalue weighted by Gasteiger charge is -2.25. The molecule has 0 aliphatic carbocycles. The molecule has 0 bridgehead atoms. The number of nitrogens with zero attached hydrogens (tertiary/aromatic N) is 4. The Kier molecular flexibility index (Phi) is 5.01. The van der Waals surface area contributed by atoms with Crippen molar-refractivity contribution in [3.8, 4) is 11.3 Å². The first kappa shape index (κ1) is 19.1. The molecule has 1 aromatic carbocycles. The Morgan fingerprint density at radius 2 is 1.94 bits per heavy atom. The number of nitrogens with one attached hydrogen (secondary N) is 2. The third kappa shape index (κ3) is 3.95. The number of thiazole rings is 1. The van der Waals surface area contributed by atoms with Gasteiger partial charge >= 0.3 is 0 Å². The van der Waals surface area contributed by atoms with Crippen LogP contribution >= 0.6 is 11.3 Å². The quantitative estimate of drug-likeness (QED) is 0.517. The lowest BCUT2D eigenvalue weighted by atomic mass is 10.1. The molecule has 31 heavy (non-hydrogen) atoms. The van der Waals surface area contributed by atoms with Crippen molar-refractivity contribution in [3.63, 3.8) is 0 Å². The van der Waals surface area contributed by atoms with E-state index in [1.165, 1.54) is 11.3 Å². The van der Waals surface area contributed by atoms with Crippen LogP contribution in [0.4, 0.5) is 5.13 Å². The minimum atomic E-state index is -0.300. The van der Waals surface area contributed by atoms with Crippen LogP contribution in [-0.2, 0) is 13.0 Å². The van der Waals surface area contributed by atoms with Crippen LogP contribution in [-0.4, -0.2) is 43.4 Å². The molecule has 8 nitrogen and oxygen atoms in total. The van der Waals surface area contributed by atoms with Crippen LogP contribution in [0.15, 0.2) is 60.8 Å². The molecule has 1 aliphatic rings. The van der Waals surface area contributed by atoms with Gasteiger partial charge < -0.3 is 4.90 Å². The van der Waals surface area contributed by atoms with Crippen molar-refractivity contribution >= 4 is 28.3 Å². The molecule has 4 heterocycles. The molecule has 0 radical (unpaired) electrons. The SMILES string of the molecule is O=C(Nc1nc2c(s1)CN(C(=O)c1cc(-c3ccccc3)n[nH]1)CC2)c1ccccn1. The van der Waals surface area contributed by atoms with E-state index in [1.807, 2.05) is 30.3 Å². The van der Waals surface area contributed by atoms with Crippen molar-refractivity contribution < 1.29 is 9.59 Å². The van der Waals surface area contributed by atoms with Gasteiger partial charge in [0.05, 0.1) is 17.9 Å². The van der Waals surface area contributed by atoms with E-state index in [2.05, 4.69) is 25.5 Å². The summed E-state index contributed by atoms with van der Waals surface area (Å²) in [5.74, 6) is -0.404. The third-order valence-corrected chi connectivity index (χ3v) is 6.01. The first-order valence-corrected chi connectivity index (χ1v) is 10.6. The molecular formula is C22H18N6O2S. The number of fused-ring (bicyclic) bond motifs is 1. The van der Waals surface area contributed by atoms with E-state index in [9.17, 15) is 9.59 Å². The second-order valence-electron chi connectivity index (χ2n) is 7.07. The predicted octanol–water partition coefficient (Wildman–Crippen LogP) is 3.38. The van der Waals surface area contributed by atoms with Crippen LogP contribution in [0.5, 0.6) is 0 Å². The van der Waals surface area contributed by atoms with Gasteiger partial charge in [0, 0.05) is 29.6 Å². The number of aromatic amines is 1. The number of carbonyl (C=O) groups is 2. The molecule has 0 fully saturated rings. The highest BCUT2D eigenvalue weighted by Gasteiger charge is 2.26. The van der Waals surface area contributed by atoms with Crippen LogP contribution in [0.2, 0.25) is 0 Å². The number of anilines is 1. The Balaban J connectivity index is 1.28. The summed E-state index contributed by atoms with van der Waals surface area (Å²) in [6, 6.07) is 16.7. The number of rotatable bonds is 4. The van der Waals surface area contributed by atoms with E-state index in [0.717, 1.165) is 21.8 Å². The molecule has 4 aromatic rings. The topological polar surface area (TPSA) is 104 Å². The largest absolute Gasteiger partial charge is 0.332 e. The standard InChI is InChI=1S/C22H18N6O2S/c29-20(16-8-4-5-10-23-16)25-22-24-15-9-11-28(13-19(15)31-22)21(30)18-12-17(26-27-18)14-6-2-1-3-7-14/h1-8,10,12H,9,11,13H2,(H,26,27)(H,24,25,29). The van der Waals surface area contributed by atoms with Crippen molar-refractivity contribution in [1.29, 1.82) is 0 Å². The first-order valence-electron chi connectivity index (χ1n) is 9.78. The Labute approximate surface area is 182 Å². The number of aromatic nitrogens is 4. The van der Waals surface area contributed by atoms with Gasteiger partial charge in [-0.15, -0.1) is 0 Å². The average molecular weight is 430 g/mol. The highest BCUT2D eigenvalue weighted by molar-refractivity contribution is 7.15. The van der Waals surface area contributed by atoms with Crippen LogP contribution < -0.4 is 5.32 Å². The number of hydrogen-bond acceptors (Lipinski definition) is 6. The molecule has 1 aliphatic heterocycles. The van der Waals surface area contributed by atoms with Gasteiger partial charge in [-0.1, -0.05) is 47.7 Å². The van der Waals surface area contributed by atoms with Gasteiger partial charge in [0.2, 0.25) is 0 Å². The molecule has 5 rings (SSSR count). The average Bonchev–Trinajstić information content (AvgIpc) is 3.46. The fraction of sp³-hybridized carbons (Fsp3) is 0.136. The lowest BCUT2D eigenvalue weighted by Crippen LogP contribution is -2.35. The molecular weight excluding hydrogens is 412 g/mol. The molecule has 0 unspecified atom stereocenters. The second-order valence-corrected chi connectivity index (χ2v) is 8.15. The van der Waals surface area contributed by atoms with Crippen molar-refractivity contribution in [2.45, 2.75) is 13.0 Å². The zero-order valence-corrected chi connectivity index (χ0v) is 17.2. The van der Waals surface area contributed by atoms with Crippen LogP contribution in [0.25, 0.3) is 11.3 Å². The Hall–Kier alpha value is -3.85. The zero-order valence-electron chi connectivity index (χ0n) is 16.4. The number of carbonyl (C=O) groups excluding carboxylic acids is 2. The maximum atomic E-state index is 13.0. The number of benzene rings is 1. The fourth-order valence-corrected chi connectivity index (χ4v) is 4.46. The normalized spacial score (nSPS) is 13.0. The highest BCUT2D eigenvalue weighted by atomic mass is 32.1. The monoisotopic (exact) mass is 430 g/mol. The van der Waals surface area contributed by atoms with E-state index in [4.69, 9.17) is 0 Å².